The summed E-state index contributed by atoms with van der Waals surface area (Å²) >= 11 is 0. The first-order chi connectivity index (χ1) is 8.33. The maximum atomic E-state index is 11.9. The van der Waals surface area contributed by atoms with Crippen LogP contribution in [0.5, 0.6) is 0 Å². The van der Waals surface area contributed by atoms with E-state index in [0.29, 0.717) is 12.3 Å². The highest BCUT2D eigenvalue weighted by Crippen LogP contribution is 2.27. The molecule has 0 amide bonds. The predicted octanol–water partition coefficient (Wildman–Crippen LogP) is 2.62. The SMILES string of the molecule is O=C(CNCC1CC1)c1cc2ccccc2o1. The van der Waals surface area contributed by atoms with Crippen molar-refractivity contribution in [2.45, 2.75) is 12.8 Å². The van der Waals surface area contributed by atoms with Crippen LogP contribution in [0.4, 0.5) is 0 Å². The molecule has 1 aromatic heterocycles. The Bertz CT molecular complexity index is 507. The smallest absolute Gasteiger partial charge is 0.211 e. The van der Waals surface area contributed by atoms with E-state index in [1.54, 1.807) is 0 Å². The van der Waals surface area contributed by atoms with Gasteiger partial charge in [0.2, 0.25) is 5.78 Å². The number of hydrogen-bond donors (Lipinski definition) is 1. The number of carbonyl (C=O) groups is 1. The second-order valence-corrected chi connectivity index (χ2v) is 4.65. The van der Waals surface area contributed by atoms with E-state index in [1.165, 1.54) is 12.8 Å². The summed E-state index contributed by atoms with van der Waals surface area (Å²) in [7, 11) is 0. The zero-order valence-electron chi connectivity index (χ0n) is 9.61. The summed E-state index contributed by atoms with van der Waals surface area (Å²) in [6.45, 7) is 1.32. The van der Waals surface area contributed by atoms with Crippen LogP contribution >= 0.6 is 0 Å². The number of Topliss-reactive ketones (excluding diaryl/α,β-unsaturated/α-hetero) is 1. The minimum Gasteiger partial charge on any atom is -0.453 e. The average Bonchev–Trinajstić information content (AvgIpc) is 3.06. The molecule has 3 heteroatoms. The summed E-state index contributed by atoms with van der Waals surface area (Å²) in [5.74, 6) is 1.27. The Labute approximate surface area is 99.8 Å². The minimum atomic E-state index is 0.0295. The number of benzene rings is 1. The topological polar surface area (TPSA) is 42.2 Å². The second-order valence-electron chi connectivity index (χ2n) is 4.65. The molecule has 0 aliphatic heterocycles. The van der Waals surface area contributed by atoms with Crippen LogP contribution in [-0.2, 0) is 0 Å². The standard InChI is InChI=1S/C14H15NO2/c16-12(9-15-8-10-5-6-10)14-7-11-3-1-2-4-13(11)17-14/h1-4,7,10,15H,5-6,8-9H2. The fourth-order valence-corrected chi connectivity index (χ4v) is 1.92. The van der Waals surface area contributed by atoms with E-state index < -0.39 is 0 Å². The van der Waals surface area contributed by atoms with Crippen LogP contribution in [0.15, 0.2) is 34.7 Å². The Hall–Kier alpha value is -1.61. The molecule has 3 nitrogen and oxygen atoms in total. The van der Waals surface area contributed by atoms with Crippen LogP contribution in [0.2, 0.25) is 0 Å². The third-order valence-corrected chi connectivity index (χ3v) is 3.12. The van der Waals surface area contributed by atoms with Gasteiger partial charge in [-0.1, -0.05) is 18.2 Å². The Balaban J connectivity index is 1.67. The molecule has 0 bridgehead atoms. The lowest BCUT2D eigenvalue weighted by Crippen LogP contribution is -2.24. The molecular formula is C14H15NO2. The van der Waals surface area contributed by atoms with Crippen molar-refractivity contribution in [1.82, 2.24) is 5.32 Å². The Morgan fingerprint density at radius 3 is 2.94 bits per heavy atom. The average molecular weight is 229 g/mol. The van der Waals surface area contributed by atoms with E-state index in [-0.39, 0.29) is 5.78 Å². The molecule has 1 saturated carbocycles. The number of furan rings is 1. The van der Waals surface area contributed by atoms with E-state index in [2.05, 4.69) is 5.32 Å². The minimum absolute atomic E-state index is 0.0295. The summed E-state index contributed by atoms with van der Waals surface area (Å²) in [6, 6.07) is 9.50. The number of carbonyl (C=O) groups excluding carboxylic acids is 1. The van der Waals surface area contributed by atoms with E-state index in [9.17, 15) is 4.79 Å². The molecule has 17 heavy (non-hydrogen) atoms. The number of para-hydroxylation sites is 1. The van der Waals surface area contributed by atoms with Gasteiger partial charge in [0.15, 0.2) is 5.76 Å². The quantitative estimate of drug-likeness (QED) is 0.801. The normalized spacial score (nSPS) is 15.3. The fourth-order valence-electron chi connectivity index (χ4n) is 1.92. The number of ketones is 1. The van der Waals surface area contributed by atoms with Crippen LogP contribution in [0.1, 0.15) is 23.4 Å². The maximum absolute atomic E-state index is 11.9. The molecule has 88 valence electrons. The van der Waals surface area contributed by atoms with Crippen molar-refractivity contribution >= 4 is 16.8 Å². The van der Waals surface area contributed by atoms with E-state index in [1.807, 2.05) is 30.3 Å². The van der Waals surface area contributed by atoms with Gasteiger partial charge in [0.25, 0.3) is 0 Å². The highest BCUT2D eigenvalue weighted by atomic mass is 16.3. The van der Waals surface area contributed by atoms with Crippen molar-refractivity contribution in [3.8, 4) is 0 Å². The van der Waals surface area contributed by atoms with Gasteiger partial charge >= 0.3 is 0 Å². The molecule has 0 spiro atoms. The van der Waals surface area contributed by atoms with Crippen molar-refractivity contribution in [3.63, 3.8) is 0 Å². The maximum Gasteiger partial charge on any atom is 0.211 e. The van der Waals surface area contributed by atoms with Crippen LogP contribution in [0.3, 0.4) is 0 Å². The number of fused-ring (bicyclic) bond motifs is 1. The van der Waals surface area contributed by atoms with Crippen LogP contribution < -0.4 is 5.32 Å². The van der Waals surface area contributed by atoms with Crippen LogP contribution in [0, 0.1) is 5.92 Å². The van der Waals surface area contributed by atoms with Gasteiger partial charge in [0.1, 0.15) is 5.58 Å². The van der Waals surface area contributed by atoms with Gasteiger partial charge in [-0.2, -0.15) is 0 Å². The van der Waals surface area contributed by atoms with Gasteiger partial charge in [-0.15, -0.1) is 0 Å². The number of rotatable bonds is 5. The lowest BCUT2D eigenvalue weighted by Gasteiger charge is -1.99. The molecule has 0 saturated heterocycles. The van der Waals surface area contributed by atoms with Crippen LogP contribution in [-0.4, -0.2) is 18.9 Å². The summed E-state index contributed by atoms with van der Waals surface area (Å²) in [5.41, 5.74) is 0.776. The zero-order chi connectivity index (χ0) is 11.7. The first-order valence-corrected chi connectivity index (χ1v) is 6.05. The van der Waals surface area contributed by atoms with E-state index >= 15 is 0 Å². The van der Waals surface area contributed by atoms with E-state index in [4.69, 9.17) is 4.42 Å². The molecule has 1 aliphatic rings. The second kappa shape index (κ2) is 4.34. The molecule has 1 fully saturated rings. The molecule has 1 aliphatic carbocycles. The molecule has 3 rings (SSSR count). The van der Waals surface area contributed by atoms with Crippen molar-refractivity contribution in [2.24, 2.45) is 5.92 Å². The van der Waals surface area contributed by atoms with E-state index in [0.717, 1.165) is 23.4 Å². The highest BCUT2D eigenvalue weighted by molar-refractivity contribution is 5.98. The first kappa shape index (κ1) is 10.5. The largest absolute Gasteiger partial charge is 0.453 e. The molecule has 2 aromatic rings. The third-order valence-electron chi connectivity index (χ3n) is 3.12. The lowest BCUT2D eigenvalue weighted by atomic mass is 10.2. The molecule has 0 atom stereocenters. The lowest BCUT2D eigenvalue weighted by molar-refractivity contribution is 0.0966. The number of nitrogens with one attached hydrogen (secondary N) is 1. The first-order valence-electron chi connectivity index (χ1n) is 6.05. The van der Waals surface area contributed by atoms with Crippen molar-refractivity contribution in [2.75, 3.05) is 13.1 Å². The zero-order valence-corrected chi connectivity index (χ0v) is 9.61. The van der Waals surface area contributed by atoms with Gasteiger partial charge in [-0.3, -0.25) is 4.79 Å². The van der Waals surface area contributed by atoms with Crippen LogP contribution in [0.25, 0.3) is 11.0 Å². The van der Waals surface area contributed by atoms with Gasteiger partial charge in [0, 0.05) is 5.39 Å². The molecule has 1 aromatic carbocycles. The monoisotopic (exact) mass is 229 g/mol. The fraction of sp³-hybridized carbons (Fsp3) is 0.357. The summed E-state index contributed by atoms with van der Waals surface area (Å²) in [5, 5.41) is 4.16. The highest BCUT2D eigenvalue weighted by Gasteiger charge is 2.21. The Morgan fingerprint density at radius 2 is 2.18 bits per heavy atom. The third kappa shape index (κ3) is 2.39. The molecule has 1 heterocycles. The number of hydrogen-bond acceptors (Lipinski definition) is 3. The van der Waals surface area contributed by atoms with Gasteiger partial charge in [0.05, 0.1) is 6.54 Å². The van der Waals surface area contributed by atoms with Crippen molar-refractivity contribution < 1.29 is 9.21 Å². The molecule has 1 N–H and O–H groups in total. The molecule has 0 radical (unpaired) electrons. The summed E-state index contributed by atoms with van der Waals surface area (Å²) in [6.07, 6.45) is 2.59. The van der Waals surface area contributed by atoms with Crippen molar-refractivity contribution in [3.05, 3.63) is 36.1 Å². The Kier molecular flexibility index (Phi) is 2.69. The van der Waals surface area contributed by atoms with Gasteiger partial charge in [-0.25, -0.2) is 0 Å². The Morgan fingerprint density at radius 1 is 1.35 bits per heavy atom. The summed E-state index contributed by atoms with van der Waals surface area (Å²) in [4.78, 5) is 11.9. The van der Waals surface area contributed by atoms with Crippen molar-refractivity contribution in [1.29, 1.82) is 0 Å². The molecule has 0 unspecified atom stereocenters. The molecular weight excluding hydrogens is 214 g/mol. The summed E-state index contributed by atoms with van der Waals surface area (Å²) < 4.78 is 5.51. The predicted molar refractivity (Wildman–Crippen MR) is 66.1 cm³/mol. The van der Waals surface area contributed by atoms with Gasteiger partial charge < -0.3 is 9.73 Å². The van der Waals surface area contributed by atoms with Gasteiger partial charge in [-0.05, 0) is 37.4 Å².